The number of benzene rings is 2. The van der Waals surface area contributed by atoms with Crippen LogP contribution in [0.25, 0.3) is 0 Å². The van der Waals surface area contributed by atoms with E-state index < -0.39 is 31.1 Å². The molecule has 0 saturated carbocycles. The number of unbranched alkanes of at least 4 members (excludes halogenated alkanes) is 2. The van der Waals surface area contributed by atoms with E-state index in [-0.39, 0.29) is 21.6 Å². The summed E-state index contributed by atoms with van der Waals surface area (Å²) in [6, 6.07) is 9.30. The molecule has 4 rings (SSSR count). The Labute approximate surface area is 315 Å². The number of nitrogens with two attached hydrogens (primary N) is 1. The number of hydrogen-bond acceptors (Lipinski definition) is 9. The predicted octanol–water partition coefficient (Wildman–Crippen LogP) is 5.75. The first-order chi connectivity index (χ1) is 24.3. The number of carbonyl (C=O) groups is 2. The summed E-state index contributed by atoms with van der Waals surface area (Å²) in [6.45, 7) is 11.8. The summed E-state index contributed by atoms with van der Waals surface area (Å²) in [6.07, 6.45) is 8.97. The highest BCUT2D eigenvalue weighted by Gasteiger charge is 2.45. The molecule has 16 heteroatoms. The number of primary amides is 1. The van der Waals surface area contributed by atoms with Crippen molar-refractivity contribution in [3.8, 4) is 0 Å². The summed E-state index contributed by atoms with van der Waals surface area (Å²) < 4.78 is 69.7. The fraction of sp³-hybridized carbons (Fsp3) is 0.472. The van der Waals surface area contributed by atoms with E-state index >= 15 is 0 Å². The van der Waals surface area contributed by atoms with Crippen LogP contribution in [0, 0.1) is 0 Å². The largest absolute Gasteiger partial charge is 0.370 e. The first-order valence-corrected chi connectivity index (χ1v) is 22.5. The van der Waals surface area contributed by atoms with Gasteiger partial charge in [0, 0.05) is 78.4 Å². The van der Waals surface area contributed by atoms with E-state index in [2.05, 4.69) is 14.8 Å². The van der Waals surface area contributed by atoms with Crippen LogP contribution >= 0.6 is 21.6 Å². The standard InChI is InChI=1S/C36H48N4O8S4/c1-6-39-29-16-14-25(51(43,44)45)23-27(29)35(2,3)31(39)11-10-12-32-36(4,5)28-24-26(52(46,47)48)15-17-30(28)40(32)20-9-7-8-13-34(42)38-19-22-50-49-21-18-33(37)41/h10-12,14-17,23-24H,6-9,13,18-22H2,1-5H3,(H4-,37,38,41,42,43,44,45,46,47,48)/p+1. The summed E-state index contributed by atoms with van der Waals surface area (Å²) >= 11 is 0. The van der Waals surface area contributed by atoms with Crippen molar-refractivity contribution in [2.24, 2.45) is 5.73 Å². The lowest BCUT2D eigenvalue weighted by Gasteiger charge is -2.25. The quantitative estimate of drug-likeness (QED) is 0.0624. The third-order valence-corrected chi connectivity index (χ3v) is 13.6. The van der Waals surface area contributed by atoms with Crippen LogP contribution in [0.5, 0.6) is 0 Å². The van der Waals surface area contributed by atoms with E-state index in [0.29, 0.717) is 44.6 Å². The summed E-state index contributed by atoms with van der Waals surface area (Å²) in [5.41, 5.74) is 9.08. The molecule has 0 radical (unpaired) electrons. The van der Waals surface area contributed by atoms with Crippen molar-refractivity contribution in [3.05, 3.63) is 71.5 Å². The van der Waals surface area contributed by atoms with Crippen molar-refractivity contribution in [1.29, 1.82) is 0 Å². The van der Waals surface area contributed by atoms with E-state index in [1.807, 2.05) is 52.8 Å². The maximum atomic E-state index is 12.4. The molecule has 2 heterocycles. The van der Waals surface area contributed by atoms with Crippen molar-refractivity contribution in [3.63, 3.8) is 0 Å². The van der Waals surface area contributed by atoms with Gasteiger partial charge in [-0.1, -0.05) is 41.5 Å². The first kappa shape index (κ1) is 41.6. The average molecular weight is 794 g/mol. The molecule has 0 bridgehead atoms. The second kappa shape index (κ2) is 16.9. The molecule has 5 N–H and O–H groups in total. The molecule has 12 nitrogen and oxygen atoms in total. The Hall–Kier alpha value is -3.15. The molecule has 0 atom stereocenters. The van der Waals surface area contributed by atoms with Gasteiger partial charge in [-0.3, -0.25) is 18.7 Å². The predicted molar refractivity (Wildman–Crippen MR) is 209 cm³/mol. The molecule has 0 saturated heterocycles. The van der Waals surface area contributed by atoms with Crippen LogP contribution < -0.4 is 16.0 Å². The van der Waals surface area contributed by atoms with Gasteiger partial charge in [0.05, 0.1) is 15.2 Å². The van der Waals surface area contributed by atoms with Crippen LogP contribution in [-0.4, -0.2) is 79.2 Å². The number of fused-ring (bicyclic) bond motifs is 2. The first-order valence-electron chi connectivity index (χ1n) is 17.1. The van der Waals surface area contributed by atoms with Gasteiger partial charge in [0.25, 0.3) is 20.2 Å². The molecule has 0 spiro atoms. The van der Waals surface area contributed by atoms with Crippen molar-refractivity contribution in [2.45, 2.75) is 87.3 Å². The third-order valence-electron chi connectivity index (χ3n) is 9.45. The van der Waals surface area contributed by atoms with E-state index in [1.54, 1.807) is 33.7 Å². The Kier molecular flexibility index (Phi) is 13.5. The Bertz CT molecular complexity index is 2000. The SMILES string of the molecule is CCN1C(=CC=CC2=[N+](CCCCCC(=O)NCCSSCCC(N)=O)c3ccc(S(=O)(=O)O)cc3C2(C)C)C(C)(C)c2cc(S(=O)(=O)O)ccc21. The van der Waals surface area contributed by atoms with E-state index in [1.165, 1.54) is 24.3 Å². The minimum absolute atomic E-state index is 0.0105. The Morgan fingerprint density at radius 3 is 2.15 bits per heavy atom. The van der Waals surface area contributed by atoms with Crippen molar-refractivity contribution in [1.82, 2.24) is 5.32 Å². The summed E-state index contributed by atoms with van der Waals surface area (Å²) in [4.78, 5) is 25.0. The highest BCUT2D eigenvalue weighted by molar-refractivity contribution is 8.76. The van der Waals surface area contributed by atoms with E-state index in [4.69, 9.17) is 5.73 Å². The Morgan fingerprint density at radius 1 is 0.885 bits per heavy atom. The number of amides is 2. The number of rotatable bonds is 18. The van der Waals surface area contributed by atoms with Gasteiger partial charge < -0.3 is 16.0 Å². The molecule has 284 valence electrons. The van der Waals surface area contributed by atoms with Gasteiger partial charge in [0.1, 0.15) is 6.54 Å². The second-order valence-electron chi connectivity index (χ2n) is 13.8. The van der Waals surface area contributed by atoms with Gasteiger partial charge in [0.2, 0.25) is 17.5 Å². The molecule has 52 heavy (non-hydrogen) atoms. The van der Waals surface area contributed by atoms with Gasteiger partial charge in [-0.2, -0.15) is 21.4 Å². The zero-order valence-electron chi connectivity index (χ0n) is 30.2. The number of anilines is 1. The minimum atomic E-state index is -4.42. The molecule has 2 amide bonds. The molecule has 0 unspecified atom stereocenters. The fourth-order valence-corrected chi connectivity index (χ4v) is 9.68. The topological polar surface area (TPSA) is 187 Å². The van der Waals surface area contributed by atoms with Crippen molar-refractivity contribution < 1.29 is 40.1 Å². The van der Waals surface area contributed by atoms with Crippen LogP contribution in [0.3, 0.4) is 0 Å². The summed E-state index contributed by atoms with van der Waals surface area (Å²) in [5, 5.41) is 2.93. The molecule has 2 aliphatic rings. The number of likely N-dealkylation sites (N-methyl/N-ethyl adjacent to an activating group) is 1. The number of allylic oxidation sites excluding steroid dienone is 4. The summed E-state index contributed by atoms with van der Waals surface area (Å²) in [5.74, 6) is 1.05. The fourth-order valence-electron chi connectivity index (χ4n) is 6.75. The number of hydrogen-bond donors (Lipinski definition) is 4. The van der Waals surface area contributed by atoms with Crippen LogP contribution in [0.4, 0.5) is 11.4 Å². The lowest BCUT2D eigenvalue weighted by molar-refractivity contribution is -0.438. The lowest BCUT2D eigenvalue weighted by atomic mass is 9.81. The Balaban J connectivity index is 1.51. The lowest BCUT2D eigenvalue weighted by Crippen LogP contribution is -2.28. The molecular weight excluding hydrogens is 745 g/mol. The molecule has 2 aromatic carbocycles. The minimum Gasteiger partial charge on any atom is -0.370 e. The van der Waals surface area contributed by atoms with Gasteiger partial charge in [-0.15, -0.1) is 0 Å². The maximum absolute atomic E-state index is 12.4. The average Bonchev–Trinajstić information content (AvgIpc) is 3.40. The van der Waals surface area contributed by atoms with Crippen molar-refractivity contribution in [2.75, 3.05) is 36.0 Å². The van der Waals surface area contributed by atoms with Gasteiger partial charge in [-0.05, 0) is 75.6 Å². The van der Waals surface area contributed by atoms with Gasteiger partial charge in [-0.25, -0.2) is 0 Å². The van der Waals surface area contributed by atoms with Crippen LogP contribution in [0.1, 0.15) is 77.8 Å². The second-order valence-corrected chi connectivity index (χ2v) is 19.3. The molecular formula is C36H49N4O8S4+. The molecule has 0 fully saturated rings. The van der Waals surface area contributed by atoms with Crippen LogP contribution in [0.15, 0.2) is 70.1 Å². The molecule has 2 aliphatic heterocycles. The number of nitrogens with one attached hydrogen (secondary N) is 1. The highest BCUT2D eigenvalue weighted by Crippen LogP contribution is 2.48. The zero-order chi connectivity index (χ0) is 38.5. The Morgan fingerprint density at radius 2 is 1.52 bits per heavy atom. The van der Waals surface area contributed by atoms with Crippen LogP contribution in [-0.2, 0) is 40.7 Å². The monoisotopic (exact) mass is 793 g/mol. The zero-order valence-corrected chi connectivity index (χ0v) is 33.5. The van der Waals surface area contributed by atoms with Gasteiger partial charge in [0.15, 0.2) is 5.71 Å². The number of nitrogens with zero attached hydrogens (tertiary/aromatic N) is 2. The van der Waals surface area contributed by atoms with Crippen LogP contribution in [0.2, 0.25) is 0 Å². The maximum Gasteiger partial charge on any atom is 0.294 e. The summed E-state index contributed by atoms with van der Waals surface area (Å²) in [7, 11) is -5.64. The molecule has 0 aromatic heterocycles. The normalized spacial score (nSPS) is 17.2. The van der Waals surface area contributed by atoms with E-state index in [9.17, 15) is 35.5 Å². The highest BCUT2D eigenvalue weighted by atomic mass is 33.1. The molecule has 0 aliphatic carbocycles. The third kappa shape index (κ3) is 9.68. The molecule has 2 aromatic rings. The smallest absolute Gasteiger partial charge is 0.294 e. The van der Waals surface area contributed by atoms with E-state index in [0.717, 1.165) is 52.5 Å². The van der Waals surface area contributed by atoms with Gasteiger partial charge >= 0.3 is 0 Å². The number of carbonyl (C=O) groups excluding carboxylic acids is 2. The van der Waals surface area contributed by atoms with Crippen molar-refractivity contribution >= 4 is 70.7 Å².